The quantitative estimate of drug-likeness (QED) is 0.740. The summed E-state index contributed by atoms with van der Waals surface area (Å²) in [6.45, 7) is 0. The summed E-state index contributed by atoms with van der Waals surface area (Å²) in [6.07, 6.45) is 0. The summed E-state index contributed by atoms with van der Waals surface area (Å²) in [5.74, 6) is -3.80. The molecule has 2 rings (SSSR count). The van der Waals surface area contributed by atoms with E-state index in [1.807, 2.05) is 0 Å². The molecule has 2 aromatic rings. The minimum atomic E-state index is -1.09. The zero-order valence-corrected chi connectivity index (χ0v) is 10.7. The van der Waals surface area contributed by atoms with Crippen LogP contribution in [-0.2, 0) is 4.74 Å². The Balaban J connectivity index is 2.31. The molecule has 0 bridgehead atoms. The van der Waals surface area contributed by atoms with Gasteiger partial charge in [0, 0.05) is 12.1 Å². The number of ether oxygens (including phenoxy) is 1. The minimum Gasteiger partial charge on any atom is -0.465 e. The molecule has 1 aromatic heterocycles. The lowest BCUT2D eigenvalue weighted by atomic mass is 10.1. The lowest BCUT2D eigenvalue weighted by Crippen LogP contribution is -2.15. The van der Waals surface area contributed by atoms with Gasteiger partial charge in [0.05, 0.1) is 18.4 Å². The van der Waals surface area contributed by atoms with E-state index in [0.29, 0.717) is 6.07 Å². The fourth-order valence-electron chi connectivity index (χ4n) is 1.55. The summed E-state index contributed by atoms with van der Waals surface area (Å²) in [5, 5.41) is 8.04. The molecule has 0 unspecified atom stereocenters. The topological polar surface area (TPSA) is 110 Å². The van der Waals surface area contributed by atoms with Crippen LogP contribution in [0.3, 0.4) is 0 Å². The third kappa shape index (κ3) is 2.96. The van der Waals surface area contributed by atoms with Gasteiger partial charge < -0.3 is 15.8 Å². The molecule has 7 nitrogen and oxygen atoms in total. The standard InChI is InChI=1S/C12H10F2N4O3/c1-21-12(20)5-2-8(7(14)3-6(5)13)16-11(19)9-4-10(15)18-17-9/h2-4H,1H3,(H,16,19)(H3,15,17,18). The lowest BCUT2D eigenvalue weighted by molar-refractivity contribution is 0.0595. The van der Waals surface area contributed by atoms with Gasteiger partial charge in [0.25, 0.3) is 5.91 Å². The van der Waals surface area contributed by atoms with Crippen LogP contribution in [0.15, 0.2) is 18.2 Å². The molecular formula is C12H10F2N4O3. The third-order valence-corrected chi connectivity index (χ3v) is 2.55. The number of nitrogens with one attached hydrogen (secondary N) is 2. The Bertz CT molecular complexity index is 715. The second-order valence-electron chi connectivity index (χ2n) is 3.96. The number of H-pyrrole nitrogens is 1. The van der Waals surface area contributed by atoms with E-state index >= 15 is 0 Å². The van der Waals surface area contributed by atoms with Crippen molar-refractivity contribution in [3.63, 3.8) is 0 Å². The second-order valence-corrected chi connectivity index (χ2v) is 3.96. The van der Waals surface area contributed by atoms with Gasteiger partial charge in [-0.3, -0.25) is 9.89 Å². The number of nitrogen functional groups attached to an aromatic ring is 1. The van der Waals surface area contributed by atoms with E-state index in [2.05, 4.69) is 20.3 Å². The van der Waals surface area contributed by atoms with E-state index in [1.54, 1.807) is 0 Å². The van der Waals surface area contributed by atoms with Gasteiger partial charge in [-0.25, -0.2) is 13.6 Å². The van der Waals surface area contributed by atoms with Crippen LogP contribution in [0.4, 0.5) is 20.3 Å². The van der Waals surface area contributed by atoms with Gasteiger partial charge in [-0.15, -0.1) is 0 Å². The Kier molecular flexibility index (Phi) is 3.83. The number of esters is 1. The SMILES string of the molecule is COC(=O)c1cc(NC(=O)c2cc(N)n[nH]2)c(F)cc1F. The normalized spacial score (nSPS) is 10.2. The number of aromatic nitrogens is 2. The first-order valence-corrected chi connectivity index (χ1v) is 5.62. The number of nitrogens with two attached hydrogens (primary N) is 1. The Morgan fingerprint density at radius 3 is 2.57 bits per heavy atom. The van der Waals surface area contributed by atoms with Gasteiger partial charge >= 0.3 is 5.97 Å². The molecule has 1 aromatic carbocycles. The Morgan fingerprint density at radius 2 is 2.00 bits per heavy atom. The van der Waals surface area contributed by atoms with Crippen LogP contribution >= 0.6 is 0 Å². The molecule has 110 valence electrons. The van der Waals surface area contributed by atoms with Crippen molar-refractivity contribution in [3.05, 3.63) is 41.1 Å². The van der Waals surface area contributed by atoms with Crippen LogP contribution in [0, 0.1) is 11.6 Å². The van der Waals surface area contributed by atoms with Gasteiger partial charge in [-0.1, -0.05) is 0 Å². The number of anilines is 2. The molecule has 0 aliphatic carbocycles. The molecule has 0 saturated heterocycles. The van der Waals surface area contributed by atoms with Crippen molar-refractivity contribution in [2.24, 2.45) is 0 Å². The summed E-state index contributed by atoms with van der Waals surface area (Å²) >= 11 is 0. The maximum absolute atomic E-state index is 13.6. The molecule has 0 spiro atoms. The lowest BCUT2D eigenvalue weighted by Gasteiger charge is -2.08. The number of carbonyl (C=O) groups excluding carboxylic acids is 2. The number of benzene rings is 1. The molecule has 0 radical (unpaired) electrons. The summed E-state index contributed by atoms with van der Waals surface area (Å²) in [6, 6.07) is 2.55. The number of aromatic amines is 1. The van der Waals surface area contributed by atoms with E-state index < -0.39 is 29.1 Å². The molecule has 4 N–H and O–H groups in total. The van der Waals surface area contributed by atoms with Gasteiger partial charge in [0.15, 0.2) is 0 Å². The molecule has 0 saturated carbocycles. The van der Waals surface area contributed by atoms with Gasteiger partial charge in [0.2, 0.25) is 0 Å². The van der Waals surface area contributed by atoms with Crippen molar-refractivity contribution in [2.45, 2.75) is 0 Å². The van der Waals surface area contributed by atoms with Crippen LogP contribution in [0.5, 0.6) is 0 Å². The fraction of sp³-hybridized carbons (Fsp3) is 0.0833. The number of rotatable bonds is 3. The number of methoxy groups -OCH3 is 1. The highest BCUT2D eigenvalue weighted by molar-refractivity contribution is 6.04. The third-order valence-electron chi connectivity index (χ3n) is 2.55. The van der Waals surface area contributed by atoms with Crippen molar-refractivity contribution in [3.8, 4) is 0 Å². The maximum atomic E-state index is 13.6. The number of hydrogen-bond donors (Lipinski definition) is 3. The van der Waals surface area contributed by atoms with Crippen molar-refractivity contribution in [1.82, 2.24) is 10.2 Å². The number of amides is 1. The Hall–Kier alpha value is -2.97. The Labute approximate surface area is 117 Å². The monoisotopic (exact) mass is 296 g/mol. The fourth-order valence-corrected chi connectivity index (χ4v) is 1.55. The van der Waals surface area contributed by atoms with Crippen LogP contribution in [0.2, 0.25) is 0 Å². The summed E-state index contributed by atoms with van der Waals surface area (Å²) in [5.41, 5.74) is 4.44. The van der Waals surface area contributed by atoms with Gasteiger partial charge in [-0.05, 0) is 6.07 Å². The highest BCUT2D eigenvalue weighted by Gasteiger charge is 2.18. The van der Waals surface area contributed by atoms with E-state index in [0.717, 1.165) is 13.2 Å². The largest absolute Gasteiger partial charge is 0.465 e. The maximum Gasteiger partial charge on any atom is 0.340 e. The van der Waals surface area contributed by atoms with E-state index in [-0.39, 0.29) is 17.2 Å². The van der Waals surface area contributed by atoms with E-state index in [9.17, 15) is 18.4 Å². The highest BCUT2D eigenvalue weighted by atomic mass is 19.1. The first-order valence-electron chi connectivity index (χ1n) is 5.62. The first-order chi connectivity index (χ1) is 9.92. The highest BCUT2D eigenvalue weighted by Crippen LogP contribution is 2.21. The number of nitrogens with zero attached hydrogens (tertiary/aromatic N) is 1. The Morgan fingerprint density at radius 1 is 1.29 bits per heavy atom. The molecule has 1 heterocycles. The molecule has 0 aliphatic heterocycles. The average Bonchev–Trinajstić information content (AvgIpc) is 2.87. The van der Waals surface area contributed by atoms with Crippen molar-refractivity contribution in [2.75, 3.05) is 18.2 Å². The predicted molar refractivity (Wildman–Crippen MR) is 68.7 cm³/mol. The molecule has 21 heavy (non-hydrogen) atoms. The molecule has 9 heteroatoms. The van der Waals surface area contributed by atoms with Crippen LogP contribution in [0.25, 0.3) is 0 Å². The number of carbonyl (C=O) groups is 2. The van der Waals surface area contributed by atoms with Gasteiger partial charge in [0.1, 0.15) is 23.1 Å². The molecular weight excluding hydrogens is 286 g/mol. The minimum absolute atomic E-state index is 0.0177. The number of halogens is 2. The van der Waals surface area contributed by atoms with Crippen molar-refractivity contribution >= 4 is 23.4 Å². The van der Waals surface area contributed by atoms with E-state index in [4.69, 9.17) is 5.73 Å². The summed E-state index contributed by atoms with van der Waals surface area (Å²) in [4.78, 5) is 23.1. The molecule has 0 aliphatic rings. The molecule has 0 atom stereocenters. The van der Waals surface area contributed by atoms with Gasteiger partial charge in [-0.2, -0.15) is 5.10 Å². The van der Waals surface area contributed by atoms with Crippen LogP contribution < -0.4 is 11.1 Å². The van der Waals surface area contributed by atoms with Crippen molar-refractivity contribution in [1.29, 1.82) is 0 Å². The van der Waals surface area contributed by atoms with Crippen LogP contribution in [-0.4, -0.2) is 29.2 Å². The number of hydrogen-bond acceptors (Lipinski definition) is 5. The van der Waals surface area contributed by atoms with Crippen molar-refractivity contribution < 1.29 is 23.1 Å². The average molecular weight is 296 g/mol. The van der Waals surface area contributed by atoms with E-state index in [1.165, 1.54) is 6.07 Å². The smallest absolute Gasteiger partial charge is 0.340 e. The zero-order chi connectivity index (χ0) is 15.6. The molecule has 0 fully saturated rings. The molecule has 1 amide bonds. The summed E-state index contributed by atoms with van der Waals surface area (Å²) < 4.78 is 31.4. The zero-order valence-electron chi connectivity index (χ0n) is 10.7. The predicted octanol–water partition coefficient (Wildman–Crippen LogP) is 1.31. The summed E-state index contributed by atoms with van der Waals surface area (Å²) in [7, 11) is 1.05. The van der Waals surface area contributed by atoms with Crippen LogP contribution in [0.1, 0.15) is 20.8 Å². The second kappa shape index (κ2) is 5.57. The first kappa shape index (κ1) is 14.4.